The minimum absolute atomic E-state index is 0.00887. The Labute approximate surface area is 149 Å². The van der Waals surface area contributed by atoms with Crippen LogP contribution < -0.4 is 0 Å². The van der Waals surface area contributed by atoms with Crippen molar-refractivity contribution >= 4 is 5.91 Å². The minimum atomic E-state index is -4.68. The second-order valence-electron chi connectivity index (χ2n) is 5.68. The number of hydrogen-bond donors (Lipinski definition) is 0. The standard InChI is InChI=1S/C18H18F3N3O2/c1-4-6-15(25)24(12(3)5-2)11-13-7-9-14(10-8-13)16-22-17(26-23-16)18(19,20)21/h7-10,12H,5,11H2,1-3H3. The third-order valence-electron chi connectivity index (χ3n) is 3.85. The SMILES string of the molecule is CC#CC(=O)N(Cc1ccc(-c2noc(C(F)(F)F)n2)cc1)C(C)CC. The molecule has 138 valence electrons. The van der Waals surface area contributed by atoms with Crippen molar-refractivity contribution in [3.8, 4) is 23.2 Å². The maximum absolute atomic E-state index is 12.5. The predicted molar refractivity (Wildman–Crippen MR) is 88.5 cm³/mol. The summed E-state index contributed by atoms with van der Waals surface area (Å²) in [5.74, 6) is 3.34. The maximum Gasteiger partial charge on any atom is 0.471 e. The molecule has 0 radical (unpaired) electrons. The molecular formula is C18H18F3N3O2. The van der Waals surface area contributed by atoms with Crippen molar-refractivity contribution in [1.29, 1.82) is 0 Å². The topological polar surface area (TPSA) is 59.2 Å². The van der Waals surface area contributed by atoms with Gasteiger partial charge in [-0.3, -0.25) is 4.79 Å². The van der Waals surface area contributed by atoms with Gasteiger partial charge in [0.1, 0.15) is 0 Å². The average molecular weight is 365 g/mol. The number of rotatable bonds is 5. The molecule has 1 heterocycles. The van der Waals surface area contributed by atoms with Crippen LogP contribution in [0.15, 0.2) is 28.8 Å². The molecule has 1 unspecified atom stereocenters. The van der Waals surface area contributed by atoms with Crippen molar-refractivity contribution in [1.82, 2.24) is 15.0 Å². The van der Waals surface area contributed by atoms with E-state index >= 15 is 0 Å². The van der Waals surface area contributed by atoms with E-state index in [1.54, 1.807) is 36.1 Å². The van der Waals surface area contributed by atoms with E-state index in [0.717, 1.165) is 12.0 Å². The van der Waals surface area contributed by atoms with Crippen LogP contribution in [0.2, 0.25) is 0 Å². The summed E-state index contributed by atoms with van der Waals surface area (Å²) in [4.78, 5) is 17.2. The van der Waals surface area contributed by atoms with Crippen LogP contribution in [-0.2, 0) is 17.5 Å². The monoisotopic (exact) mass is 365 g/mol. The lowest BCUT2D eigenvalue weighted by molar-refractivity contribution is -0.159. The van der Waals surface area contributed by atoms with Gasteiger partial charge in [0, 0.05) is 18.2 Å². The van der Waals surface area contributed by atoms with Crippen molar-refractivity contribution in [2.45, 2.75) is 46.0 Å². The number of hydrogen-bond acceptors (Lipinski definition) is 4. The zero-order valence-electron chi connectivity index (χ0n) is 14.6. The molecule has 2 rings (SSSR count). The lowest BCUT2D eigenvalue weighted by atomic mass is 10.1. The van der Waals surface area contributed by atoms with Gasteiger partial charge in [0.05, 0.1) is 0 Å². The van der Waals surface area contributed by atoms with E-state index in [4.69, 9.17) is 0 Å². The van der Waals surface area contributed by atoms with E-state index in [1.165, 1.54) is 0 Å². The molecule has 1 amide bonds. The van der Waals surface area contributed by atoms with Gasteiger partial charge in [-0.25, -0.2) is 0 Å². The second kappa shape index (κ2) is 8.04. The molecule has 8 heteroatoms. The Hall–Kier alpha value is -2.82. The van der Waals surface area contributed by atoms with E-state index in [-0.39, 0.29) is 17.8 Å². The Morgan fingerprint density at radius 3 is 2.46 bits per heavy atom. The molecule has 0 saturated carbocycles. The molecule has 1 atom stereocenters. The normalized spacial score (nSPS) is 12.2. The average Bonchev–Trinajstić information content (AvgIpc) is 3.10. The fourth-order valence-corrected chi connectivity index (χ4v) is 2.24. The number of aromatic nitrogens is 2. The lowest BCUT2D eigenvalue weighted by Gasteiger charge is -2.26. The molecule has 0 aliphatic rings. The molecule has 0 fully saturated rings. The Balaban J connectivity index is 2.18. The van der Waals surface area contributed by atoms with Crippen molar-refractivity contribution < 1.29 is 22.5 Å². The molecule has 0 spiro atoms. The van der Waals surface area contributed by atoms with Crippen LogP contribution >= 0.6 is 0 Å². The van der Waals surface area contributed by atoms with Crippen molar-refractivity contribution in [3.05, 3.63) is 35.7 Å². The fraction of sp³-hybridized carbons (Fsp3) is 0.389. The summed E-state index contributed by atoms with van der Waals surface area (Å²) in [5, 5.41) is 3.35. The highest BCUT2D eigenvalue weighted by Crippen LogP contribution is 2.29. The van der Waals surface area contributed by atoms with Crippen LogP contribution in [0.3, 0.4) is 0 Å². The van der Waals surface area contributed by atoms with Crippen LogP contribution in [0.25, 0.3) is 11.4 Å². The molecule has 1 aromatic heterocycles. The van der Waals surface area contributed by atoms with Crippen molar-refractivity contribution in [3.63, 3.8) is 0 Å². The molecule has 0 aliphatic heterocycles. The van der Waals surface area contributed by atoms with Gasteiger partial charge in [-0.15, -0.1) is 0 Å². The molecule has 5 nitrogen and oxygen atoms in total. The second-order valence-corrected chi connectivity index (χ2v) is 5.68. The number of carbonyl (C=O) groups is 1. The van der Waals surface area contributed by atoms with Crippen molar-refractivity contribution in [2.24, 2.45) is 0 Å². The molecule has 26 heavy (non-hydrogen) atoms. The quantitative estimate of drug-likeness (QED) is 0.754. The zero-order valence-corrected chi connectivity index (χ0v) is 14.6. The predicted octanol–water partition coefficient (Wildman–Crippen LogP) is 3.91. The van der Waals surface area contributed by atoms with Gasteiger partial charge in [-0.2, -0.15) is 18.2 Å². The van der Waals surface area contributed by atoms with E-state index in [9.17, 15) is 18.0 Å². The molecule has 0 N–H and O–H groups in total. The highest BCUT2D eigenvalue weighted by molar-refractivity contribution is 5.93. The molecular weight excluding hydrogens is 347 g/mol. The van der Waals surface area contributed by atoms with Crippen LogP contribution in [0.1, 0.15) is 38.6 Å². The summed E-state index contributed by atoms with van der Waals surface area (Å²) in [5.41, 5.74) is 1.21. The number of benzene rings is 1. The number of carbonyl (C=O) groups excluding carboxylic acids is 1. The molecule has 1 aromatic carbocycles. The summed E-state index contributed by atoms with van der Waals surface area (Å²) < 4.78 is 41.8. The third kappa shape index (κ3) is 4.63. The van der Waals surface area contributed by atoms with Crippen LogP contribution in [0.4, 0.5) is 13.2 Å². The van der Waals surface area contributed by atoms with E-state index in [1.807, 2.05) is 13.8 Å². The van der Waals surface area contributed by atoms with Gasteiger partial charge in [-0.1, -0.05) is 42.3 Å². The fourth-order valence-electron chi connectivity index (χ4n) is 2.24. The summed E-state index contributed by atoms with van der Waals surface area (Å²) in [6.45, 7) is 5.86. The molecule has 0 bridgehead atoms. The van der Waals surface area contributed by atoms with Gasteiger partial charge >= 0.3 is 12.1 Å². The van der Waals surface area contributed by atoms with Crippen LogP contribution in [-0.4, -0.2) is 27.0 Å². The van der Waals surface area contributed by atoms with Gasteiger partial charge in [0.2, 0.25) is 5.82 Å². The molecule has 2 aromatic rings. The van der Waals surface area contributed by atoms with Gasteiger partial charge in [-0.05, 0) is 31.8 Å². The first-order chi connectivity index (χ1) is 12.3. The Morgan fingerprint density at radius 1 is 1.31 bits per heavy atom. The third-order valence-corrected chi connectivity index (χ3v) is 3.85. The number of nitrogens with zero attached hydrogens (tertiary/aromatic N) is 3. The first-order valence-corrected chi connectivity index (χ1v) is 7.99. The first kappa shape index (κ1) is 19.5. The van der Waals surface area contributed by atoms with Gasteiger partial charge in [0.25, 0.3) is 5.91 Å². The summed E-state index contributed by atoms with van der Waals surface area (Å²) in [6.07, 6.45) is -3.90. The zero-order chi connectivity index (χ0) is 19.3. The molecule has 0 aliphatic carbocycles. The highest BCUT2D eigenvalue weighted by Gasteiger charge is 2.38. The van der Waals surface area contributed by atoms with Gasteiger partial charge < -0.3 is 9.42 Å². The summed E-state index contributed by atoms with van der Waals surface area (Å²) >= 11 is 0. The van der Waals surface area contributed by atoms with Crippen molar-refractivity contribution in [2.75, 3.05) is 0 Å². The number of alkyl halides is 3. The minimum Gasteiger partial charge on any atom is -0.329 e. The number of halogens is 3. The largest absolute Gasteiger partial charge is 0.471 e. The van der Waals surface area contributed by atoms with Crippen LogP contribution in [0.5, 0.6) is 0 Å². The lowest BCUT2D eigenvalue weighted by Crippen LogP contribution is -2.36. The van der Waals surface area contributed by atoms with Crippen LogP contribution in [0, 0.1) is 11.8 Å². The maximum atomic E-state index is 12.5. The Bertz CT molecular complexity index is 817. The van der Waals surface area contributed by atoms with E-state index < -0.39 is 12.1 Å². The molecule has 0 saturated heterocycles. The van der Waals surface area contributed by atoms with E-state index in [0.29, 0.717) is 12.1 Å². The number of amides is 1. The first-order valence-electron chi connectivity index (χ1n) is 7.99. The van der Waals surface area contributed by atoms with E-state index in [2.05, 4.69) is 26.5 Å². The Morgan fingerprint density at radius 2 is 1.96 bits per heavy atom. The highest BCUT2D eigenvalue weighted by atomic mass is 19.4. The Kier molecular flexibility index (Phi) is 6.03. The summed E-state index contributed by atoms with van der Waals surface area (Å²) in [6, 6.07) is 6.60. The smallest absolute Gasteiger partial charge is 0.329 e. The van der Waals surface area contributed by atoms with Gasteiger partial charge in [0.15, 0.2) is 0 Å². The summed E-state index contributed by atoms with van der Waals surface area (Å²) in [7, 11) is 0.